The molecule has 5 nitrogen and oxygen atoms in total. The molecular formula is C12H13ClF2N2O3. The average Bonchev–Trinajstić information content (AvgIpc) is 2.37. The fraction of sp³-hybridized carbons (Fsp3) is 0.417. The third kappa shape index (κ3) is 3.63. The molecule has 1 amide bonds. The van der Waals surface area contributed by atoms with E-state index in [1.165, 1.54) is 0 Å². The van der Waals surface area contributed by atoms with Crippen molar-refractivity contribution in [3.63, 3.8) is 0 Å². The minimum absolute atomic E-state index is 0.0131. The van der Waals surface area contributed by atoms with Crippen LogP contribution in [0.5, 0.6) is 0 Å². The first-order valence-electron chi connectivity index (χ1n) is 5.78. The number of hydrogen-bond donors (Lipinski definition) is 1. The van der Waals surface area contributed by atoms with E-state index >= 15 is 0 Å². The van der Waals surface area contributed by atoms with E-state index in [1.807, 2.05) is 0 Å². The van der Waals surface area contributed by atoms with E-state index in [0.717, 1.165) is 0 Å². The maximum Gasteiger partial charge on any atom is 0.285 e. The van der Waals surface area contributed by atoms with Gasteiger partial charge in [0, 0.05) is 11.9 Å². The fourth-order valence-electron chi connectivity index (χ4n) is 1.50. The molecule has 110 valence electrons. The Labute approximate surface area is 119 Å². The third-order valence-corrected chi connectivity index (χ3v) is 3.10. The van der Waals surface area contributed by atoms with Crippen molar-refractivity contribution >= 4 is 23.2 Å². The normalized spacial score (nSPS) is 12.3. The lowest BCUT2D eigenvalue weighted by Gasteiger charge is -2.19. The molecule has 1 aromatic rings. The van der Waals surface area contributed by atoms with Crippen LogP contribution in [-0.2, 0) is 0 Å². The van der Waals surface area contributed by atoms with Gasteiger partial charge in [-0.25, -0.2) is 8.78 Å². The molecule has 0 heterocycles. The van der Waals surface area contributed by atoms with E-state index in [1.54, 1.807) is 13.8 Å². The van der Waals surface area contributed by atoms with Crippen LogP contribution >= 0.6 is 11.6 Å². The Kier molecular flexibility index (Phi) is 5.38. The van der Waals surface area contributed by atoms with Gasteiger partial charge in [0.2, 0.25) is 0 Å². The van der Waals surface area contributed by atoms with Crippen LogP contribution < -0.4 is 5.32 Å². The second-order valence-electron chi connectivity index (χ2n) is 4.52. The van der Waals surface area contributed by atoms with Crippen molar-refractivity contribution in [1.82, 2.24) is 5.32 Å². The Bertz CT molecular complexity index is 538. The van der Waals surface area contributed by atoms with Gasteiger partial charge < -0.3 is 5.32 Å². The molecule has 20 heavy (non-hydrogen) atoms. The first-order valence-corrected chi connectivity index (χ1v) is 6.31. The van der Waals surface area contributed by atoms with Crippen LogP contribution in [0.15, 0.2) is 12.1 Å². The summed E-state index contributed by atoms with van der Waals surface area (Å²) in [5.41, 5.74) is -1.33. The van der Waals surface area contributed by atoms with Crippen LogP contribution in [-0.4, -0.2) is 22.8 Å². The molecule has 0 fully saturated rings. The molecule has 0 spiro atoms. The zero-order valence-electron chi connectivity index (χ0n) is 10.8. The number of carbonyl (C=O) groups is 1. The number of rotatable bonds is 5. The Morgan fingerprint density at radius 2 is 1.95 bits per heavy atom. The van der Waals surface area contributed by atoms with E-state index in [2.05, 4.69) is 5.32 Å². The van der Waals surface area contributed by atoms with Crippen LogP contribution in [0.3, 0.4) is 0 Å². The SMILES string of the molecule is CC(C)C(CCl)NC(=O)c1cc(F)c(F)cc1[N+](=O)[O-]. The first kappa shape index (κ1) is 16.3. The van der Waals surface area contributed by atoms with Crippen molar-refractivity contribution < 1.29 is 18.5 Å². The summed E-state index contributed by atoms with van der Waals surface area (Å²) in [5.74, 6) is -3.49. The Hall–Kier alpha value is -1.76. The number of nitrogens with zero attached hydrogens (tertiary/aromatic N) is 1. The van der Waals surface area contributed by atoms with Gasteiger partial charge in [-0.1, -0.05) is 13.8 Å². The average molecular weight is 307 g/mol. The summed E-state index contributed by atoms with van der Waals surface area (Å²) in [4.78, 5) is 21.8. The summed E-state index contributed by atoms with van der Waals surface area (Å²) < 4.78 is 26.2. The van der Waals surface area contributed by atoms with Gasteiger partial charge in [0.15, 0.2) is 11.6 Å². The molecule has 0 bridgehead atoms. The van der Waals surface area contributed by atoms with E-state index in [4.69, 9.17) is 11.6 Å². The lowest BCUT2D eigenvalue weighted by Crippen LogP contribution is -2.40. The van der Waals surface area contributed by atoms with Crippen molar-refractivity contribution in [2.75, 3.05) is 5.88 Å². The van der Waals surface area contributed by atoms with E-state index in [-0.39, 0.29) is 11.8 Å². The predicted molar refractivity (Wildman–Crippen MR) is 69.8 cm³/mol. The molecule has 0 radical (unpaired) electrons. The number of nitro benzene ring substituents is 1. The van der Waals surface area contributed by atoms with Crippen molar-refractivity contribution in [3.8, 4) is 0 Å². The Morgan fingerprint density at radius 3 is 2.40 bits per heavy atom. The second-order valence-corrected chi connectivity index (χ2v) is 4.83. The summed E-state index contributed by atoms with van der Waals surface area (Å²) >= 11 is 5.67. The Morgan fingerprint density at radius 1 is 1.40 bits per heavy atom. The van der Waals surface area contributed by atoms with Gasteiger partial charge in [-0.05, 0) is 12.0 Å². The minimum Gasteiger partial charge on any atom is -0.348 e. The summed E-state index contributed by atoms with van der Waals surface area (Å²) in [5, 5.41) is 13.2. The number of alkyl halides is 1. The minimum atomic E-state index is -1.38. The van der Waals surface area contributed by atoms with Gasteiger partial charge in [0.25, 0.3) is 11.6 Å². The molecule has 0 saturated heterocycles. The third-order valence-electron chi connectivity index (χ3n) is 2.77. The fourth-order valence-corrected chi connectivity index (χ4v) is 1.93. The zero-order valence-corrected chi connectivity index (χ0v) is 11.6. The zero-order chi connectivity index (χ0) is 15.4. The molecule has 0 aliphatic heterocycles. The van der Waals surface area contributed by atoms with Gasteiger partial charge in [0.05, 0.1) is 11.0 Å². The molecule has 1 unspecified atom stereocenters. The quantitative estimate of drug-likeness (QED) is 0.516. The number of benzene rings is 1. The molecule has 0 aromatic heterocycles. The highest BCUT2D eigenvalue weighted by Gasteiger charge is 2.26. The standard InChI is InChI=1S/C12H13ClF2N2O3/c1-6(2)10(5-13)16-12(18)7-3-8(14)9(15)4-11(7)17(19)20/h3-4,6,10H,5H2,1-2H3,(H,16,18). The van der Waals surface area contributed by atoms with E-state index in [9.17, 15) is 23.7 Å². The van der Waals surface area contributed by atoms with Gasteiger partial charge in [-0.3, -0.25) is 14.9 Å². The van der Waals surface area contributed by atoms with Gasteiger partial charge in [0.1, 0.15) is 5.56 Å². The number of hydrogen-bond acceptors (Lipinski definition) is 3. The maximum atomic E-state index is 13.2. The maximum absolute atomic E-state index is 13.2. The summed E-state index contributed by atoms with van der Waals surface area (Å²) in [7, 11) is 0. The molecule has 1 atom stereocenters. The highest BCUT2D eigenvalue weighted by molar-refractivity contribution is 6.18. The van der Waals surface area contributed by atoms with Crippen LogP contribution in [0.25, 0.3) is 0 Å². The van der Waals surface area contributed by atoms with Crippen molar-refractivity contribution in [2.45, 2.75) is 19.9 Å². The molecule has 0 saturated carbocycles. The van der Waals surface area contributed by atoms with Crippen LogP contribution in [0, 0.1) is 27.7 Å². The van der Waals surface area contributed by atoms with Crippen LogP contribution in [0.1, 0.15) is 24.2 Å². The molecule has 8 heteroatoms. The van der Waals surface area contributed by atoms with Gasteiger partial charge in [-0.15, -0.1) is 11.6 Å². The Balaban J connectivity index is 3.15. The highest BCUT2D eigenvalue weighted by atomic mass is 35.5. The lowest BCUT2D eigenvalue weighted by atomic mass is 10.1. The van der Waals surface area contributed by atoms with Crippen molar-refractivity contribution in [1.29, 1.82) is 0 Å². The van der Waals surface area contributed by atoms with Crippen LogP contribution in [0.2, 0.25) is 0 Å². The molecule has 1 N–H and O–H groups in total. The molecular weight excluding hydrogens is 294 g/mol. The summed E-state index contributed by atoms with van der Waals surface area (Å²) in [6.07, 6.45) is 0. The molecule has 0 aliphatic carbocycles. The number of halogens is 3. The van der Waals surface area contributed by atoms with E-state index < -0.39 is 39.8 Å². The number of nitro groups is 1. The first-order chi connectivity index (χ1) is 9.27. The van der Waals surface area contributed by atoms with Crippen LogP contribution in [0.4, 0.5) is 14.5 Å². The second kappa shape index (κ2) is 6.60. The monoisotopic (exact) mass is 306 g/mol. The molecule has 0 aliphatic rings. The van der Waals surface area contributed by atoms with Crippen molar-refractivity contribution in [3.05, 3.63) is 39.4 Å². The molecule has 1 aromatic carbocycles. The summed E-state index contributed by atoms with van der Waals surface area (Å²) in [6, 6.07) is 0.459. The van der Waals surface area contributed by atoms with Crippen molar-refractivity contribution in [2.24, 2.45) is 5.92 Å². The number of amides is 1. The summed E-state index contributed by atoms with van der Waals surface area (Å²) in [6.45, 7) is 3.60. The van der Waals surface area contributed by atoms with Gasteiger partial charge in [-0.2, -0.15) is 0 Å². The van der Waals surface area contributed by atoms with E-state index in [0.29, 0.717) is 12.1 Å². The topological polar surface area (TPSA) is 72.2 Å². The number of carbonyl (C=O) groups excluding carboxylic acids is 1. The predicted octanol–water partition coefficient (Wildman–Crippen LogP) is 2.87. The number of nitrogens with one attached hydrogen (secondary N) is 1. The largest absolute Gasteiger partial charge is 0.348 e. The smallest absolute Gasteiger partial charge is 0.285 e. The van der Waals surface area contributed by atoms with Gasteiger partial charge >= 0.3 is 0 Å². The molecule has 1 rings (SSSR count). The lowest BCUT2D eigenvalue weighted by molar-refractivity contribution is -0.385. The highest BCUT2D eigenvalue weighted by Crippen LogP contribution is 2.22.